The molecular weight excluding hydrogens is 324 g/mol. The molecule has 0 spiro atoms. The molecule has 0 bridgehead atoms. The molecule has 0 unspecified atom stereocenters. The number of rotatable bonds is 7. The molecule has 0 aliphatic rings. The molecule has 0 aliphatic carbocycles. The Morgan fingerprint density at radius 3 is 2.64 bits per heavy atom. The normalized spacial score (nSPS) is 11.4. The largest absolute Gasteiger partial charge is 0.497 e. The predicted molar refractivity (Wildman–Crippen MR) is 85.3 cm³/mol. The van der Waals surface area contributed by atoms with E-state index in [1.165, 1.54) is 31.6 Å². The Morgan fingerprint density at radius 2 is 2.05 bits per heavy atom. The van der Waals surface area contributed by atoms with E-state index in [4.69, 9.17) is 9.47 Å². The monoisotopic (exact) mass is 342 g/mol. The van der Waals surface area contributed by atoms with Crippen molar-refractivity contribution < 1.29 is 17.9 Å². The van der Waals surface area contributed by atoms with Gasteiger partial charge in [0.1, 0.15) is 16.4 Å². The number of aryl methyl sites for hydroxylation is 1. The van der Waals surface area contributed by atoms with E-state index in [1.54, 1.807) is 17.6 Å². The van der Waals surface area contributed by atoms with Gasteiger partial charge in [-0.2, -0.15) is 0 Å². The molecule has 0 fully saturated rings. The molecule has 1 aromatic heterocycles. The number of nitrogens with one attached hydrogen (secondary N) is 1. The van der Waals surface area contributed by atoms with Gasteiger partial charge in [0.05, 0.1) is 25.4 Å². The first-order valence-corrected chi connectivity index (χ1v) is 8.95. The molecule has 1 heterocycles. The van der Waals surface area contributed by atoms with Gasteiger partial charge in [0, 0.05) is 17.5 Å². The standard InChI is InChI=1S/C14H18N2O4S2/c1-10-13(21-9-15-10)6-7-16-22(17,18)14-8-11(19-2)4-5-12(14)20-3/h4-5,8-9,16H,6-7H2,1-3H3. The van der Waals surface area contributed by atoms with E-state index in [9.17, 15) is 8.42 Å². The number of ether oxygens (including phenoxy) is 2. The summed E-state index contributed by atoms with van der Waals surface area (Å²) in [5, 5.41) is 0. The molecule has 2 rings (SSSR count). The second-order valence-electron chi connectivity index (χ2n) is 4.53. The van der Waals surface area contributed by atoms with Gasteiger partial charge in [0.15, 0.2) is 0 Å². The quantitative estimate of drug-likeness (QED) is 0.832. The zero-order valence-electron chi connectivity index (χ0n) is 12.6. The Kier molecular flexibility index (Phi) is 5.38. The summed E-state index contributed by atoms with van der Waals surface area (Å²) in [6.07, 6.45) is 0.599. The van der Waals surface area contributed by atoms with Gasteiger partial charge >= 0.3 is 0 Å². The summed E-state index contributed by atoms with van der Waals surface area (Å²) in [6, 6.07) is 4.67. The van der Waals surface area contributed by atoms with Crippen molar-refractivity contribution in [3.63, 3.8) is 0 Å². The number of benzene rings is 1. The predicted octanol–water partition coefficient (Wildman–Crippen LogP) is 1.99. The fourth-order valence-electron chi connectivity index (χ4n) is 1.94. The van der Waals surface area contributed by atoms with Gasteiger partial charge in [-0.25, -0.2) is 18.1 Å². The third-order valence-corrected chi connectivity index (χ3v) is 5.63. The third-order valence-electron chi connectivity index (χ3n) is 3.15. The van der Waals surface area contributed by atoms with Crippen molar-refractivity contribution in [2.75, 3.05) is 20.8 Å². The first-order chi connectivity index (χ1) is 10.5. The van der Waals surface area contributed by atoms with Crippen LogP contribution < -0.4 is 14.2 Å². The maximum Gasteiger partial charge on any atom is 0.244 e. The fraction of sp³-hybridized carbons (Fsp3) is 0.357. The minimum atomic E-state index is -3.67. The minimum Gasteiger partial charge on any atom is -0.497 e. The van der Waals surface area contributed by atoms with Crippen LogP contribution in [0.2, 0.25) is 0 Å². The number of methoxy groups -OCH3 is 2. The zero-order chi connectivity index (χ0) is 16.2. The second kappa shape index (κ2) is 7.08. The van der Waals surface area contributed by atoms with E-state index in [1.807, 2.05) is 6.92 Å². The van der Waals surface area contributed by atoms with Crippen molar-refractivity contribution in [2.24, 2.45) is 0 Å². The number of hydrogen-bond donors (Lipinski definition) is 1. The van der Waals surface area contributed by atoms with Crippen LogP contribution in [-0.2, 0) is 16.4 Å². The van der Waals surface area contributed by atoms with Gasteiger partial charge in [-0.1, -0.05) is 0 Å². The average Bonchev–Trinajstić information content (AvgIpc) is 2.92. The van der Waals surface area contributed by atoms with Crippen LogP contribution in [0.3, 0.4) is 0 Å². The molecule has 22 heavy (non-hydrogen) atoms. The molecular formula is C14H18N2O4S2. The van der Waals surface area contributed by atoms with Gasteiger partial charge in [-0.05, 0) is 25.5 Å². The molecule has 1 aromatic carbocycles. The molecule has 0 atom stereocenters. The number of aromatic nitrogens is 1. The van der Waals surface area contributed by atoms with E-state index in [2.05, 4.69) is 9.71 Å². The summed E-state index contributed by atoms with van der Waals surface area (Å²) >= 11 is 1.52. The minimum absolute atomic E-state index is 0.0652. The van der Waals surface area contributed by atoms with Crippen molar-refractivity contribution in [3.05, 3.63) is 34.3 Å². The highest BCUT2D eigenvalue weighted by Gasteiger charge is 2.20. The van der Waals surface area contributed by atoms with Gasteiger partial charge in [0.25, 0.3) is 0 Å². The molecule has 120 valence electrons. The first-order valence-electron chi connectivity index (χ1n) is 6.58. The molecule has 2 aromatic rings. The van der Waals surface area contributed by atoms with Crippen molar-refractivity contribution in [3.8, 4) is 11.5 Å². The Hall–Kier alpha value is -1.64. The van der Waals surface area contributed by atoms with E-state index in [0.717, 1.165) is 10.6 Å². The zero-order valence-corrected chi connectivity index (χ0v) is 14.3. The molecule has 0 saturated heterocycles. The van der Waals surface area contributed by atoms with Crippen LogP contribution in [0, 0.1) is 6.92 Å². The summed E-state index contributed by atoms with van der Waals surface area (Å²) in [5.74, 6) is 0.738. The number of hydrogen-bond acceptors (Lipinski definition) is 6. The van der Waals surface area contributed by atoms with E-state index in [0.29, 0.717) is 18.7 Å². The van der Waals surface area contributed by atoms with Gasteiger partial charge in [-0.15, -0.1) is 11.3 Å². The average molecular weight is 342 g/mol. The maximum atomic E-state index is 12.4. The maximum absolute atomic E-state index is 12.4. The van der Waals surface area contributed by atoms with Crippen molar-refractivity contribution >= 4 is 21.4 Å². The molecule has 6 nitrogen and oxygen atoms in total. The summed E-state index contributed by atoms with van der Waals surface area (Å²) in [4.78, 5) is 5.28. The van der Waals surface area contributed by atoms with Crippen molar-refractivity contribution in [1.82, 2.24) is 9.71 Å². The smallest absolute Gasteiger partial charge is 0.244 e. The highest BCUT2D eigenvalue weighted by atomic mass is 32.2. The van der Waals surface area contributed by atoms with E-state index >= 15 is 0 Å². The summed E-state index contributed by atoms with van der Waals surface area (Å²) in [5.41, 5.74) is 2.69. The third kappa shape index (κ3) is 3.76. The lowest BCUT2D eigenvalue weighted by Gasteiger charge is -2.12. The van der Waals surface area contributed by atoms with Crippen LogP contribution in [0.15, 0.2) is 28.6 Å². The van der Waals surface area contributed by atoms with Gasteiger partial charge in [-0.3, -0.25) is 0 Å². The topological polar surface area (TPSA) is 77.5 Å². The SMILES string of the molecule is COc1ccc(OC)c(S(=O)(=O)NCCc2scnc2C)c1. The summed E-state index contributed by atoms with van der Waals surface area (Å²) in [6.45, 7) is 2.21. The van der Waals surface area contributed by atoms with Crippen molar-refractivity contribution in [1.29, 1.82) is 0 Å². The van der Waals surface area contributed by atoms with Crippen LogP contribution in [0.1, 0.15) is 10.6 Å². The second-order valence-corrected chi connectivity index (χ2v) is 7.20. The molecule has 0 radical (unpaired) electrons. The highest BCUT2D eigenvalue weighted by Crippen LogP contribution is 2.28. The molecule has 1 N–H and O–H groups in total. The highest BCUT2D eigenvalue weighted by molar-refractivity contribution is 7.89. The van der Waals surface area contributed by atoms with Crippen LogP contribution in [0.4, 0.5) is 0 Å². The lowest BCUT2D eigenvalue weighted by Crippen LogP contribution is -2.26. The Morgan fingerprint density at radius 1 is 1.27 bits per heavy atom. The van der Waals surface area contributed by atoms with Crippen molar-refractivity contribution in [2.45, 2.75) is 18.2 Å². The van der Waals surface area contributed by atoms with E-state index < -0.39 is 10.0 Å². The lowest BCUT2D eigenvalue weighted by molar-refractivity contribution is 0.392. The van der Waals surface area contributed by atoms with Gasteiger partial charge < -0.3 is 9.47 Å². The number of sulfonamides is 1. The molecule has 8 heteroatoms. The summed E-state index contributed by atoms with van der Waals surface area (Å²) < 4.78 is 37.6. The first kappa shape index (κ1) is 16.7. The summed E-state index contributed by atoms with van der Waals surface area (Å²) in [7, 11) is -0.756. The Balaban J connectivity index is 2.14. The van der Waals surface area contributed by atoms with Gasteiger partial charge in [0.2, 0.25) is 10.0 Å². The Bertz CT molecular complexity index is 741. The van der Waals surface area contributed by atoms with Crippen LogP contribution >= 0.6 is 11.3 Å². The number of thiazole rings is 1. The Labute approximate surface area is 134 Å². The lowest BCUT2D eigenvalue weighted by atomic mass is 10.3. The van der Waals surface area contributed by atoms with Crippen LogP contribution in [0.25, 0.3) is 0 Å². The van der Waals surface area contributed by atoms with Crippen LogP contribution in [-0.4, -0.2) is 34.2 Å². The molecule has 0 aliphatic heterocycles. The number of nitrogens with zero attached hydrogens (tertiary/aromatic N) is 1. The molecule has 0 saturated carbocycles. The molecule has 0 amide bonds. The fourth-order valence-corrected chi connectivity index (χ4v) is 3.93. The van der Waals surface area contributed by atoms with E-state index in [-0.39, 0.29) is 10.6 Å². The van der Waals surface area contributed by atoms with Crippen LogP contribution in [0.5, 0.6) is 11.5 Å².